The molecule has 1 saturated heterocycles. The normalized spacial score (nSPS) is 24.6. The molecule has 1 heterocycles. The molecule has 2 unspecified atom stereocenters. The Hall–Kier alpha value is -1.50. The van der Waals surface area contributed by atoms with Crippen LogP contribution < -0.4 is 5.32 Å². The summed E-state index contributed by atoms with van der Waals surface area (Å²) in [4.78, 5) is 23.3. The van der Waals surface area contributed by atoms with E-state index in [1.807, 2.05) is 0 Å². The predicted molar refractivity (Wildman–Crippen MR) is 58.5 cm³/mol. The lowest BCUT2D eigenvalue weighted by atomic mass is 10.2. The molecule has 17 heavy (non-hydrogen) atoms. The maximum atomic E-state index is 11.5. The number of likely N-dealkylation sites (tertiary alicyclic amines) is 1. The standard InChI is InChI=1S/C10H18N2O5/c1-10(2,3)17-8(14)11-7-4-6(13)5-12(7)9(15)16/h6-7,13H,4-5H2,1-3H3,(H,11,14)(H,15,16). The number of aliphatic hydroxyl groups is 1. The van der Waals surface area contributed by atoms with Gasteiger partial charge in [0.05, 0.1) is 12.6 Å². The number of ether oxygens (including phenoxy) is 1. The number of nitrogens with zero attached hydrogens (tertiary/aromatic N) is 1. The largest absolute Gasteiger partial charge is 0.465 e. The van der Waals surface area contributed by atoms with E-state index >= 15 is 0 Å². The van der Waals surface area contributed by atoms with E-state index in [-0.39, 0.29) is 13.0 Å². The molecule has 0 saturated carbocycles. The molecule has 7 nitrogen and oxygen atoms in total. The number of amides is 2. The van der Waals surface area contributed by atoms with Crippen molar-refractivity contribution in [2.45, 2.75) is 45.1 Å². The van der Waals surface area contributed by atoms with Crippen LogP contribution in [0.2, 0.25) is 0 Å². The van der Waals surface area contributed by atoms with E-state index < -0.39 is 30.1 Å². The highest BCUT2D eigenvalue weighted by atomic mass is 16.6. The SMILES string of the molecule is CC(C)(C)OC(=O)NC1CC(O)CN1C(=O)O. The van der Waals surface area contributed by atoms with Gasteiger partial charge in [0.1, 0.15) is 11.8 Å². The summed E-state index contributed by atoms with van der Waals surface area (Å²) in [5, 5.41) is 20.7. The number of carboxylic acid groups (broad SMARTS) is 1. The molecule has 0 aromatic carbocycles. The van der Waals surface area contributed by atoms with Gasteiger partial charge in [-0.15, -0.1) is 0 Å². The van der Waals surface area contributed by atoms with Gasteiger partial charge in [-0.3, -0.25) is 4.90 Å². The molecule has 1 fully saturated rings. The molecule has 98 valence electrons. The van der Waals surface area contributed by atoms with Gasteiger partial charge < -0.3 is 20.3 Å². The molecule has 2 amide bonds. The minimum Gasteiger partial charge on any atom is -0.465 e. The van der Waals surface area contributed by atoms with Crippen molar-refractivity contribution in [3.63, 3.8) is 0 Å². The number of carbonyl (C=O) groups is 2. The van der Waals surface area contributed by atoms with Gasteiger partial charge in [-0.05, 0) is 20.8 Å². The van der Waals surface area contributed by atoms with E-state index in [4.69, 9.17) is 9.84 Å². The van der Waals surface area contributed by atoms with Crippen molar-refractivity contribution in [2.75, 3.05) is 6.54 Å². The Bertz CT molecular complexity index is 312. The summed E-state index contributed by atoms with van der Waals surface area (Å²) in [5.41, 5.74) is -0.643. The molecule has 1 aliphatic rings. The van der Waals surface area contributed by atoms with Crippen molar-refractivity contribution < 1.29 is 24.5 Å². The Labute approximate surface area is 99.4 Å². The monoisotopic (exact) mass is 246 g/mol. The van der Waals surface area contributed by atoms with Crippen LogP contribution in [-0.2, 0) is 4.74 Å². The minimum atomic E-state index is -1.18. The maximum absolute atomic E-state index is 11.5. The molecule has 0 spiro atoms. The zero-order valence-corrected chi connectivity index (χ0v) is 10.1. The van der Waals surface area contributed by atoms with Gasteiger partial charge in [-0.1, -0.05) is 0 Å². The lowest BCUT2D eigenvalue weighted by Gasteiger charge is -2.25. The van der Waals surface area contributed by atoms with Crippen LogP contribution in [-0.4, -0.2) is 51.7 Å². The number of carbonyl (C=O) groups excluding carboxylic acids is 1. The maximum Gasteiger partial charge on any atom is 0.409 e. The third kappa shape index (κ3) is 4.10. The summed E-state index contributed by atoms with van der Waals surface area (Å²) in [7, 11) is 0. The highest BCUT2D eigenvalue weighted by Gasteiger charge is 2.36. The fourth-order valence-corrected chi connectivity index (χ4v) is 1.61. The van der Waals surface area contributed by atoms with Crippen LogP contribution in [0.3, 0.4) is 0 Å². The number of alkyl carbamates (subject to hydrolysis) is 1. The Balaban J connectivity index is 2.55. The van der Waals surface area contributed by atoms with Crippen molar-refractivity contribution >= 4 is 12.2 Å². The quantitative estimate of drug-likeness (QED) is 0.628. The van der Waals surface area contributed by atoms with Crippen molar-refractivity contribution in [1.82, 2.24) is 10.2 Å². The zero-order chi connectivity index (χ0) is 13.2. The topological polar surface area (TPSA) is 99.1 Å². The summed E-state index contributed by atoms with van der Waals surface area (Å²) in [5.74, 6) is 0. The van der Waals surface area contributed by atoms with Crippen molar-refractivity contribution in [3.8, 4) is 0 Å². The first-order chi connectivity index (χ1) is 7.69. The Morgan fingerprint density at radius 1 is 1.41 bits per heavy atom. The molecule has 1 aliphatic heterocycles. The summed E-state index contributed by atoms with van der Waals surface area (Å²) in [6, 6.07) is 0. The Morgan fingerprint density at radius 2 is 2.00 bits per heavy atom. The molecular weight excluding hydrogens is 228 g/mol. The average molecular weight is 246 g/mol. The number of aliphatic hydroxyl groups excluding tert-OH is 1. The van der Waals surface area contributed by atoms with E-state index in [1.165, 1.54) is 0 Å². The molecule has 3 N–H and O–H groups in total. The van der Waals surface area contributed by atoms with Crippen LogP contribution in [0.1, 0.15) is 27.2 Å². The van der Waals surface area contributed by atoms with Crippen molar-refractivity contribution in [1.29, 1.82) is 0 Å². The zero-order valence-electron chi connectivity index (χ0n) is 10.1. The van der Waals surface area contributed by atoms with Crippen LogP contribution in [0.15, 0.2) is 0 Å². The van der Waals surface area contributed by atoms with E-state index in [2.05, 4.69) is 5.32 Å². The second-order valence-corrected chi connectivity index (χ2v) is 4.99. The predicted octanol–water partition coefficient (Wildman–Crippen LogP) is 0.582. The molecule has 7 heteroatoms. The van der Waals surface area contributed by atoms with Gasteiger partial charge in [-0.25, -0.2) is 9.59 Å². The highest BCUT2D eigenvalue weighted by molar-refractivity contribution is 5.70. The molecule has 0 radical (unpaired) electrons. The van der Waals surface area contributed by atoms with Crippen molar-refractivity contribution in [2.24, 2.45) is 0 Å². The second-order valence-electron chi connectivity index (χ2n) is 4.99. The Morgan fingerprint density at radius 3 is 2.47 bits per heavy atom. The highest BCUT2D eigenvalue weighted by Crippen LogP contribution is 2.16. The van der Waals surface area contributed by atoms with Gasteiger partial charge in [-0.2, -0.15) is 0 Å². The fourth-order valence-electron chi connectivity index (χ4n) is 1.61. The minimum absolute atomic E-state index is 0.00417. The summed E-state index contributed by atoms with van der Waals surface area (Å²) < 4.78 is 5.01. The lowest BCUT2D eigenvalue weighted by Crippen LogP contribution is -2.47. The van der Waals surface area contributed by atoms with Crippen LogP contribution in [0.25, 0.3) is 0 Å². The molecule has 0 aromatic heterocycles. The van der Waals surface area contributed by atoms with Gasteiger partial charge in [0.25, 0.3) is 0 Å². The molecule has 0 bridgehead atoms. The van der Waals surface area contributed by atoms with Crippen LogP contribution in [0.4, 0.5) is 9.59 Å². The van der Waals surface area contributed by atoms with Gasteiger partial charge in [0.15, 0.2) is 0 Å². The van der Waals surface area contributed by atoms with Crippen LogP contribution in [0.5, 0.6) is 0 Å². The van der Waals surface area contributed by atoms with Crippen LogP contribution >= 0.6 is 0 Å². The van der Waals surface area contributed by atoms with E-state index in [0.29, 0.717) is 0 Å². The molecule has 0 aromatic rings. The number of β-amino-alcohol motifs (C(OH)–C–C–N with tert-alkyl or cyclic N) is 1. The van der Waals surface area contributed by atoms with Gasteiger partial charge in [0, 0.05) is 6.42 Å². The fraction of sp³-hybridized carbons (Fsp3) is 0.800. The van der Waals surface area contributed by atoms with E-state index in [0.717, 1.165) is 4.90 Å². The smallest absolute Gasteiger partial charge is 0.409 e. The molecule has 1 rings (SSSR count). The summed E-state index contributed by atoms with van der Waals surface area (Å²) in [6.45, 7) is 5.14. The van der Waals surface area contributed by atoms with Gasteiger partial charge in [0.2, 0.25) is 0 Å². The first kappa shape index (κ1) is 13.6. The van der Waals surface area contributed by atoms with Crippen molar-refractivity contribution in [3.05, 3.63) is 0 Å². The Kier molecular flexibility index (Phi) is 3.82. The van der Waals surface area contributed by atoms with E-state index in [9.17, 15) is 14.7 Å². The number of hydrogen-bond acceptors (Lipinski definition) is 4. The second kappa shape index (κ2) is 4.79. The molecular formula is C10H18N2O5. The summed E-state index contributed by atoms with van der Waals surface area (Å²) in [6.07, 6.45) is -3.19. The van der Waals surface area contributed by atoms with Crippen LogP contribution in [0, 0.1) is 0 Å². The van der Waals surface area contributed by atoms with Gasteiger partial charge >= 0.3 is 12.2 Å². The number of hydrogen-bond donors (Lipinski definition) is 3. The number of rotatable bonds is 1. The molecule has 2 atom stereocenters. The van der Waals surface area contributed by atoms with E-state index in [1.54, 1.807) is 20.8 Å². The first-order valence-electron chi connectivity index (χ1n) is 5.36. The first-order valence-corrected chi connectivity index (χ1v) is 5.36. The number of nitrogens with one attached hydrogen (secondary N) is 1. The summed E-state index contributed by atoms with van der Waals surface area (Å²) >= 11 is 0. The average Bonchev–Trinajstić information content (AvgIpc) is 2.42. The third-order valence-corrected chi connectivity index (χ3v) is 2.21. The third-order valence-electron chi connectivity index (χ3n) is 2.21. The molecule has 0 aliphatic carbocycles. The lowest BCUT2D eigenvalue weighted by molar-refractivity contribution is 0.0453.